The maximum Gasteiger partial charge on any atom is 0.207 e. The van der Waals surface area contributed by atoms with Crippen molar-refractivity contribution in [1.29, 1.82) is 0 Å². The van der Waals surface area contributed by atoms with Crippen molar-refractivity contribution in [2.24, 2.45) is 0 Å². The zero-order valence-electron chi connectivity index (χ0n) is 19.8. The lowest BCUT2D eigenvalue weighted by Crippen LogP contribution is -2.33. The average Bonchev–Trinajstić information content (AvgIpc) is 3.43. The van der Waals surface area contributed by atoms with Crippen LogP contribution < -0.4 is 15.8 Å². The molecule has 0 bridgehead atoms. The molecular weight excluding hydrogens is 480 g/mol. The highest BCUT2D eigenvalue weighted by molar-refractivity contribution is 5.84. The lowest BCUT2D eigenvalue weighted by Gasteiger charge is -2.19. The minimum atomic E-state index is -1.32. The van der Waals surface area contributed by atoms with Gasteiger partial charge in [0.1, 0.15) is 37.0 Å². The van der Waals surface area contributed by atoms with E-state index in [1.54, 1.807) is 0 Å². The third kappa shape index (κ3) is 4.92. The number of benzene rings is 2. The Bertz CT molecular complexity index is 1360. The molecule has 12 heteroatoms. The molecule has 0 spiro atoms. The van der Waals surface area contributed by atoms with Gasteiger partial charge in [0, 0.05) is 6.54 Å². The Morgan fingerprint density at radius 2 is 1.84 bits per heavy atom. The van der Waals surface area contributed by atoms with Gasteiger partial charge in [0.15, 0.2) is 23.2 Å². The first-order valence-corrected chi connectivity index (χ1v) is 11.8. The van der Waals surface area contributed by atoms with Gasteiger partial charge in [0.05, 0.1) is 13.2 Å². The second-order valence-electron chi connectivity index (χ2n) is 8.62. The van der Waals surface area contributed by atoms with Crippen LogP contribution in [-0.4, -0.2) is 78.1 Å². The smallest absolute Gasteiger partial charge is 0.207 e. The molecule has 0 saturated carbocycles. The monoisotopic (exact) mass is 508 g/mol. The number of rotatable bonds is 9. The molecule has 3 heterocycles. The average molecular weight is 509 g/mol. The van der Waals surface area contributed by atoms with Crippen molar-refractivity contribution in [3.8, 4) is 16.9 Å². The number of fused-ring (bicyclic) bond motifs is 1. The van der Waals surface area contributed by atoms with Crippen LogP contribution in [0.15, 0.2) is 54.9 Å². The maximum atomic E-state index is 10.6. The highest BCUT2D eigenvalue weighted by atomic mass is 16.6. The Kier molecular flexibility index (Phi) is 7.17. The highest BCUT2D eigenvalue weighted by Crippen LogP contribution is 2.35. The van der Waals surface area contributed by atoms with Gasteiger partial charge in [-0.2, -0.15) is 0 Å². The summed E-state index contributed by atoms with van der Waals surface area (Å²) in [6.45, 7) is 0.112. The zero-order chi connectivity index (χ0) is 25.9. The summed E-state index contributed by atoms with van der Waals surface area (Å²) in [6.07, 6.45) is -3.31. The number of ether oxygens (including phenoxy) is 2. The number of aliphatic hydroxyl groups excluding tert-OH is 4. The van der Waals surface area contributed by atoms with E-state index >= 15 is 0 Å². The summed E-state index contributed by atoms with van der Waals surface area (Å²) in [7, 11) is 0. The zero-order valence-corrected chi connectivity index (χ0v) is 19.8. The van der Waals surface area contributed by atoms with Crippen LogP contribution in [0.25, 0.3) is 22.3 Å². The van der Waals surface area contributed by atoms with Gasteiger partial charge in [0.2, 0.25) is 5.95 Å². The lowest BCUT2D eigenvalue weighted by atomic mass is 10.0. The van der Waals surface area contributed by atoms with E-state index in [0.29, 0.717) is 29.4 Å². The molecule has 1 saturated heterocycles. The van der Waals surface area contributed by atoms with Gasteiger partial charge in [-0.25, -0.2) is 15.0 Å². The lowest BCUT2D eigenvalue weighted by molar-refractivity contribution is -0.0501. The summed E-state index contributed by atoms with van der Waals surface area (Å²) in [5.74, 6) is 1.16. The minimum Gasteiger partial charge on any atom is -0.491 e. The number of nitrogens with zero attached hydrogens (tertiary/aromatic N) is 4. The Balaban J connectivity index is 1.38. The van der Waals surface area contributed by atoms with Crippen molar-refractivity contribution in [2.75, 3.05) is 30.9 Å². The van der Waals surface area contributed by atoms with Crippen molar-refractivity contribution in [1.82, 2.24) is 19.5 Å². The predicted molar refractivity (Wildman–Crippen MR) is 135 cm³/mol. The number of hydrogen-bond donors (Lipinski definition) is 6. The van der Waals surface area contributed by atoms with Crippen LogP contribution in [0.5, 0.6) is 5.75 Å². The van der Waals surface area contributed by atoms with E-state index in [9.17, 15) is 15.3 Å². The molecule has 37 heavy (non-hydrogen) atoms. The third-order valence-electron chi connectivity index (χ3n) is 6.21. The van der Waals surface area contributed by atoms with Crippen molar-refractivity contribution in [3.05, 3.63) is 60.4 Å². The SMILES string of the molecule is Nc1ncnc2c1nc(NCc1ccc(-c3cccc(OCCO)c3)cc1)n2[C@@H]1O[C@H](CO)[C@@H](O)[C@H]1O. The fourth-order valence-corrected chi connectivity index (χ4v) is 4.31. The molecule has 2 aromatic heterocycles. The van der Waals surface area contributed by atoms with E-state index in [2.05, 4.69) is 20.3 Å². The van der Waals surface area contributed by atoms with Crippen molar-refractivity contribution in [2.45, 2.75) is 31.1 Å². The van der Waals surface area contributed by atoms with Gasteiger partial charge in [-0.3, -0.25) is 4.57 Å². The van der Waals surface area contributed by atoms with E-state index < -0.39 is 31.1 Å². The second-order valence-corrected chi connectivity index (χ2v) is 8.62. The molecule has 2 aromatic carbocycles. The molecule has 0 radical (unpaired) electrons. The quantitative estimate of drug-likeness (QED) is 0.187. The van der Waals surface area contributed by atoms with Crippen LogP contribution in [0.1, 0.15) is 11.8 Å². The Hall–Kier alpha value is -3.81. The number of nitrogens with one attached hydrogen (secondary N) is 1. The molecule has 12 nitrogen and oxygen atoms in total. The van der Waals surface area contributed by atoms with Crippen molar-refractivity contribution < 1.29 is 29.9 Å². The van der Waals surface area contributed by atoms with E-state index in [1.165, 1.54) is 10.9 Å². The first kappa shape index (κ1) is 24.9. The van der Waals surface area contributed by atoms with Crippen molar-refractivity contribution in [3.63, 3.8) is 0 Å². The number of aliphatic hydroxyl groups is 4. The second kappa shape index (κ2) is 10.7. The van der Waals surface area contributed by atoms with E-state index in [-0.39, 0.29) is 19.0 Å². The number of imidazole rings is 1. The summed E-state index contributed by atoms with van der Waals surface area (Å²) in [4.78, 5) is 12.8. The molecule has 0 unspecified atom stereocenters. The summed E-state index contributed by atoms with van der Waals surface area (Å²) in [5, 5.41) is 42.6. The van der Waals surface area contributed by atoms with Crippen LogP contribution >= 0.6 is 0 Å². The maximum absolute atomic E-state index is 10.6. The van der Waals surface area contributed by atoms with Crippen LogP contribution in [-0.2, 0) is 11.3 Å². The molecule has 1 aliphatic rings. The molecule has 1 aliphatic heterocycles. The normalized spacial score (nSPS) is 21.4. The fourth-order valence-electron chi connectivity index (χ4n) is 4.31. The van der Waals surface area contributed by atoms with E-state index in [0.717, 1.165) is 16.7 Å². The molecule has 4 aromatic rings. The first-order valence-electron chi connectivity index (χ1n) is 11.8. The largest absolute Gasteiger partial charge is 0.491 e. The molecule has 194 valence electrons. The van der Waals surface area contributed by atoms with Crippen LogP contribution in [0.2, 0.25) is 0 Å². The highest BCUT2D eigenvalue weighted by Gasteiger charge is 2.45. The summed E-state index contributed by atoms with van der Waals surface area (Å²) in [6, 6.07) is 15.5. The van der Waals surface area contributed by atoms with Crippen molar-refractivity contribution >= 4 is 22.9 Å². The fraction of sp³-hybridized carbons (Fsp3) is 0.320. The van der Waals surface area contributed by atoms with Gasteiger partial charge >= 0.3 is 0 Å². The molecule has 0 aliphatic carbocycles. The number of anilines is 2. The molecule has 7 N–H and O–H groups in total. The molecule has 1 fully saturated rings. The van der Waals surface area contributed by atoms with Crippen LogP contribution in [0, 0.1) is 0 Å². The number of nitrogens with two attached hydrogens (primary N) is 1. The van der Waals surface area contributed by atoms with Gasteiger partial charge in [-0.05, 0) is 28.8 Å². The predicted octanol–water partition coefficient (Wildman–Crippen LogP) is 0.670. The molecular formula is C25H28N6O6. The third-order valence-corrected chi connectivity index (χ3v) is 6.21. The number of hydrogen-bond acceptors (Lipinski definition) is 11. The van der Waals surface area contributed by atoms with Crippen LogP contribution in [0.3, 0.4) is 0 Å². The summed E-state index contributed by atoms with van der Waals surface area (Å²) >= 11 is 0. The summed E-state index contributed by atoms with van der Waals surface area (Å²) in [5.41, 5.74) is 9.58. The Morgan fingerprint density at radius 3 is 2.57 bits per heavy atom. The molecule has 4 atom stereocenters. The van der Waals surface area contributed by atoms with E-state index in [1.807, 2.05) is 48.5 Å². The summed E-state index contributed by atoms with van der Waals surface area (Å²) < 4.78 is 12.7. The Labute approximate surface area is 212 Å². The van der Waals surface area contributed by atoms with Gasteiger partial charge in [0.25, 0.3) is 0 Å². The van der Waals surface area contributed by atoms with Gasteiger partial charge < -0.3 is 41.0 Å². The van der Waals surface area contributed by atoms with Gasteiger partial charge in [-0.1, -0.05) is 36.4 Å². The van der Waals surface area contributed by atoms with E-state index in [4.69, 9.17) is 20.3 Å². The number of aromatic nitrogens is 4. The minimum absolute atomic E-state index is 0.0483. The first-order chi connectivity index (χ1) is 18.0. The Morgan fingerprint density at radius 1 is 1.03 bits per heavy atom. The topological polar surface area (TPSA) is 181 Å². The molecule has 0 amide bonds. The molecule has 5 rings (SSSR count). The van der Waals surface area contributed by atoms with Gasteiger partial charge in [-0.15, -0.1) is 0 Å². The number of nitrogen functional groups attached to an aromatic ring is 1. The van der Waals surface area contributed by atoms with Crippen LogP contribution in [0.4, 0.5) is 11.8 Å². The standard InChI is InChI=1S/C25H28N6O6/c26-22-19-23(29-13-28-22)31(24-21(35)20(34)18(12-33)37-24)25(30-19)27-11-14-4-6-15(7-5-14)16-2-1-3-17(10-16)36-9-8-32/h1-7,10,13,18,20-21,24,32-35H,8-9,11-12H2,(H,27,30)(H2,26,28,29)/t18-,20-,21-,24-/m1/s1.